The molecule has 0 radical (unpaired) electrons. The molecule has 108 valence electrons. The topological polar surface area (TPSA) is 51.4 Å². The molecule has 3 aromatic rings. The van der Waals surface area contributed by atoms with Crippen LogP contribution in [-0.2, 0) is 18.0 Å². The third kappa shape index (κ3) is 3.75. The fourth-order valence-corrected chi connectivity index (χ4v) is 2.46. The normalized spacial score (nSPS) is 11.1. The van der Waals surface area contributed by atoms with Gasteiger partial charge in [-0.3, -0.25) is 4.84 Å². The van der Waals surface area contributed by atoms with E-state index in [0.717, 1.165) is 10.4 Å². The molecule has 0 N–H and O–H groups in total. The van der Waals surface area contributed by atoms with Crippen LogP contribution in [0.2, 0.25) is 0 Å². The van der Waals surface area contributed by atoms with Crippen molar-refractivity contribution in [2.75, 3.05) is 7.05 Å². The maximum atomic E-state index is 5.64. The molecule has 21 heavy (non-hydrogen) atoms. The minimum atomic E-state index is 0.450. The number of hydrogen-bond donors (Lipinski definition) is 0. The van der Waals surface area contributed by atoms with E-state index in [1.807, 2.05) is 54.9 Å². The van der Waals surface area contributed by atoms with Gasteiger partial charge < -0.3 is 4.42 Å². The predicted molar refractivity (Wildman–Crippen MR) is 80.3 cm³/mol. The van der Waals surface area contributed by atoms with Crippen molar-refractivity contribution < 1.29 is 9.25 Å². The summed E-state index contributed by atoms with van der Waals surface area (Å²) in [6.45, 7) is 0.967. The van der Waals surface area contributed by atoms with Crippen LogP contribution in [0.3, 0.4) is 0 Å². The van der Waals surface area contributed by atoms with Crippen molar-refractivity contribution in [3.05, 3.63) is 59.3 Å². The molecule has 0 amide bonds. The zero-order chi connectivity index (χ0) is 14.5. The summed E-state index contributed by atoms with van der Waals surface area (Å²) in [5, 5.41) is 11.8. The lowest BCUT2D eigenvalue weighted by molar-refractivity contribution is -0.161. The van der Waals surface area contributed by atoms with Crippen LogP contribution in [0.25, 0.3) is 10.8 Å². The Hall–Kier alpha value is -2.02. The van der Waals surface area contributed by atoms with E-state index in [0.29, 0.717) is 24.9 Å². The Balaban J connectivity index is 1.54. The molecule has 0 saturated carbocycles. The molecule has 3 rings (SSSR count). The molecule has 0 unspecified atom stereocenters. The number of rotatable bonds is 6. The van der Waals surface area contributed by atoms with Crippen LogP contribution in [0.15, 0.2) is 52.3 Å². The quantitative estimate of drug-likeness (QED) is 0.653. The van der Waals surface area contributed by atoms with E-state index >= 15 is 0 Å². The minimum Gasteiger partial charge on any atom is -0.418 e. The van der Waals surface area contributed by atoms with Crippen molar-refractivity contribution in [1.29, 1.82) is 0 Å². The van der Waals surface area contributed by atoms with E-state index in [4.69, 9.17) is 9.25 Å². The molecule has 0 bridgehead atoms. The van der Waals surface area contributed by atoms with Gasteiger partial charge >= 0.3 is 0 Å². The molecule has 5 nitrogen and oxygen atoms in total. The molecule has 2 aromatic heterocycles. The van der Waals surface area contributed by atoms with Gasteiger partial charge in [0.2, 0.25) is 5.89 Å². The monoisotopic (exact) mass is 301 g/mol. The first-order valence-electron chi connectivity index (χ1n) is 6.55. The molecule has 0 aliphatic heterocycles. The van der Waals surface area contributed by atoms with Crippen LogP contribution in [0, 0.1) is 0 Å². The molecule has 6 heteroatoms. The lowest BCUT2D eigenvalue weighted by Gasteiger charge is -2.14. The molecular formula is C15H15N3O2S. The summed E-state index contributed by atoms with van der Waals surface area (Å²) in [6.07, 6.45) is 0. The molecule has 0 atom stereocenters. The number of aromatic nitrogens is 2. The maximum absolute atomic E-state index is 5.64. The third-order valence-corrected chi connectivity index (χ3v) is 3.71. The van der Waals surface area contributed by atoms with E-state index in [2.05, 4.69) is 10.2 Å². The zero-order valence-electron chi connectivity index (χ0n) is 11.6. The molecule has 0 fully saturated rings. The average Bonchev–Trinajstić information content (AvgIpc) is 3.17. The summed E-state index contributed by atoms with van der Waals surface area (Å²) in [6, 6.07) is 13.9. The van der Waals surface area contributed by atoms with Gasteiger partial charge in [-0.2, -0.15) is 5.06 Å². The van der Waals surface area contributed by atoms with Crippen molar-refractivity contribution in [3.63, 3.8) is 0 Å². The second-order valence-electron chi connectivity index (χ2n) is 4.52. The minimum absolute atomic E-state index is 0.450. The summed E-state index contributed by atoms with van der Waals surface area (Å²) in [5.41, 5.74) is 1.12. The second-order valence-corrected chi connectivity index (χ2v) is 5.47. The first kappa shape index (κ1) is 13.9. The van der Waals surface area contributed by atoms with Crippen LogP contribution in [-0.4, -0.2) is 22.3 Å². The van der Waals surface area contributed by atoms with E-state index in [1.165, 1.54) is 0 Å². The van der Waals surface area contributed by atoms with Gasteiger partial charge in [-0.1, -0.05) is 36.4 Å². The first-order valence-corrected chi connectivity index (χ1v) is 7.43. The highest BCUT2D eigenvalue weighted by Gasteiger charge is 2.11. The summed E-state index contributed by atoms with van der Waals surface area (Å²) < 4.78 is 5.62. The van der Waals surface area contributed by atoms with Gasteiger partial charge in [0, 0.05) is 7.05 Å². The Morgan fingerprint density at radius 1 is 1.14 bits per heavy atom. The molecule has 0 saturated heterocycles. The number of hydrogen-bond acceptors (Lipinski definition) is 6. The Bertz CT molecular complexity index is 667. The standard InChI is InChI=1S/C15H15N3O2S/c1-18(19-11-12-6-3-2-4-7-12)10-14-16-17-15(20-14)13-8-5-9-21-13/h2-9H,10-11H2,1H3. The molecular weight excluding hydrogens is 286 g/mol. The first-order chi connectivity index (χ1) is 10.3. The maximum Gasteiger partial charge on any atom is 0.257 e. The lowest BCUT2D eigenvalue weighted by atomic mass is 10.2. The van der Waals surface area contributed by atoms with Gasteiger partial charge in [0.1, 0.15) is 6.54 Å². The van der Waals surface area contributed by atoms with Crippen LogP contribution < -0.4 is 0 Å². The highest BCUT2D eigenvalue weighted by molar-refractivity contribution is 7.13. The van der Waals surface area contributed by atoms with Crippen molar-refractivity contribution in [3.8, 4) is 10.8 Å². The summed E-state index contributed by atoms with van der Waals surface area (Å²) in [4.78, 5) is 6.61. The average molecular weight is 301 g/mol. The van der Waals surface area contributed by atoms with Crippen molar-refractivity contribution >= 4 is 11.3 Å². The van der Waals surface area contributed by atoms with E-state index in [9.17, 15) is 0 Å². The fourth-order valence-electron chi connectivity index (χ4n) is 1.81. The molecule has 1 aromatic carbocycles. The van der Waals surface area contributed by atoms with E-state index in [-0.39, 0.29) is 0 Å². The predicted octanol–water partition coefficient (Wildman–Crippen LogP) is 3.36. The van der Waals surface area contributed by atoms with Gasteiger partial charge in [-0.05, 0) is 17.0 Å². The SMILES string of the molecule is CN(Cc1nnc(-c2cccs2)o1)OCc1ccccc1. The van der Waals surface area contributed by atoms with Crippen LogP contribution in [0.1, 0.15) is 11.5 Å². The van der Waals surface area contributed by atoms with Crippen LogP contribution >= 0.6 is 11.3 Å². The Kier molecular flexibility index (Phi) is 4.40. The van der Waals surface area contributed by atoms with Gasteiger partial charge in [-0.25, -0.2) is 0 Å². The highest BCUT2D eigenvalue weighted by atomic mass is 32.1. The largest absolute Gasteiger partial charge is 0.418 e. The van der Waals surface area contributed by atoms with Gasteiger partial charge in [0.15, 0.2) is 0 Å². The van der Waals surface area contributed by atoms with Crippen LogP contribution in [0.5, 0.6) is 0 Å². The highest BCUT2D eigenvalue weighted by Crippen LogP contribution is 2.23. The third-order valence-electron chi connectivity index (χ3n) is 2.85. The Morgan fingerprint density at radius 3 is 2.76 bits per heavy atom. The fraction of sp³-hybridized carbons (Fsp3) is 0.200. The zero-order valence-corrected chi connectivity index (χ0v) is 12.4. The summed E-state index contributed by atoms with van der Waals surface area (Å²) >= 11 is 1.57. The summed E-state index contributed by atoms with van der Waals surface area (Å²) in [5.74, 6) is 1.09. The molecule has 0 spiro atoms. The molecule has 0 aliphatic rings. The second kappa shape index (κ2) is 6.62. The van der Waals surface area contributed by atoms with Gasteiger partial charge in [0.05, 0.1) is 11.5 Å². The van der Waals surface area contributed by atoms with E-state index < -0.39 is 0 Å². The Morgan fingerprint density at radius 2 is 2.00 bits per heavy atom. The van der Waals surface area contributed by atoms with Gasteiger partial charge in [0.25, 0.3) is 5.89 Å². The van der Waals surface area contributed by atoms with Crippen molar-refractivity contribution in [2.45, 2.75) is 13.2 Å². The molecule has 2 heterocycles. The number of hydroxylamine groups is 2. The molecule has 0 aliphatic carbocycles. The Labute approximate surface area is 126 Å². The summed E-state index contributed by atoms with van der Waals surface area (Å²) in [7, 11) is 1.85. The van der Waals surface area contributed by atoms with Crippen LogP contribution in [0.4, 0.5) is 0 Å². The van der Waals surface area contributed by atoms with E-state index in [1.54, 1.807) is 16.4 Å². The van der Waals surface area contributed by atoms with Crippen molar-refractivity contribution in [1.82, 2.24) is 15.3 Å². The smallest absolute Gasteiger partial charge is 0.257 e. The van der Waals surface area contributed by atoms with Crippen molar-refractivity contribution in [2.24, 2.45) is 0 Å². The lowest BCUT2D eigenvalue weighted by Crippen LogP contribution is -2.18. The number of thiophene rings is 1. The number of benzene rings is 1. The number of nitrogens with zero attached hydrogens (tertiary/aromatic N) is 3. The van der Waals surface area contributed by atoms with Gasteiger partial charge in [-0.15, -0.1) is 21.5 Å².